The molecule has 0 unspecified atom stereocenters. The number of fused-ring (bicyclic) bond motifs is 1. The van der Waals surface area contributed by atoms with E-state index in [1.165, 1.54) is 12.7 Å². The number of hydrogen-bond donors (Lipinski definition) is 1. The van der Waals surface area contributed by atoms with Gasteiger partial charge in [0.05, 0.1) is 21.3 Å². The number of allylic oxidation sites excluding steroid dienone is 4. The fourth-order valence-electron chi connectivity index (χ4n) is 3.19. The van der Waals surface area contributed by atoms with Crippen LogP contribution in [0.3, 0.4) is 0 Å². The second kappa shape index (κ2) is 16.8. The molecule has 6 nitrogen and oxygen atoms in total. The van der Waals surface area contributed by atoms with Gasteiger partial charge in [-0.1, -0.05) is 38.5 Å². The lowest BCUT2D eigenvalue weighted by Gasteiger charge is -2.13. The first-order valence-corrected chi connectivity index (χ1v) is 11.4. The zero-order valence-corrected chi connectivity index (χ0v) is 21.8. The minimum atomic E-state index is 0.0396. The number of rotatable bonds is 8. The summed E-state index contributed by atoms with van der Waals surface area (Å²) >= 11 is 0. The number of hydrogen-bond acceptors (Lipinski definition) is 6. The van der Waals surface area contributed by atoms with Gasteiger partial charge in [0.25, 0.3) is 0 Å². The Labute approximate surface area is 199 Å². The van der Waals surface area contributed by atoms with Gasteiger partial charge in [-0.25, -0.2) is 0 Å². The quantitative estimate of drug-likeness (QED) is 0.365. The van der Waals surface area contributed by atoms with Crippen molar-refractivity contribution in [3.63, 3.8) is 0 Å². The van der Waals surface area contributed by atoms with Crippen molar-refractivity contribution in [2.24, 2.45) is 0 Å². The van der Waals surface area contributed by atoms with Gasteiger partial charge in [-0.05, 0) is 57.2 Å². The molecular weight excluding hydrogens is 420 g/mol. The van der Waals surface area contributed by atoms with E-state index in [4.69, 9.17) is 18.9 Å². The zero-order chi connectivity index (χ0) is 25.4. The van der Waals surface area contributed by atoms with Crippen molar-refractivity contribution in [2.75, 3.05) is 35.0 Å². The molecule has 6 heteroatoms. The molecule has 0 amide bonds. The normalized spacial score (nSPS) is 13.5. The van der Waals surface area contributed by atoms with E-state index in [2.05, 4.69) is 13.8 Å². The van der Waals surface area contributed by atoms with Crippen LogP contribution in [0.4, 0.5) is 0 Å². The Morgan fingerprint density at radius 2 is 1.76 bits per heavy atom. The first-order chi connectivity index (χ1) is 15.8. The van der Waals surface area contributed by atoms with E-state index >= 15 is 0 Å². The molecule has 1 aromatic rings. The van der Waals surface area contributed by atoms with Gasteiger partial charge in [-0.15, -0.1) is 0 Å². The van der Waals surface area contributed by atoms with Crippen LogP contribution in [-0.4, -0.2) is 45.9 Å². The average Bonchev–Trinajstić information content (AvgIpc) is 3.06. The fourth-order valence-corrected chi connectivity index (χ4v) is 3.19. The molecule has 0 saturated heterocycles. The Balaban J connectivity index is 0.000000589. The Morgan fingerprint density at radius 1 is 1.09 bits per heavy atom. The second-order valence-corrected chi connectivity index (χ2v) is 7.18. The topological polar surface area (TPSA) is 74.2 Å². The third-order valence-corrected chi connectivity index (χ3v) is 5.07. The summed E-state index contributed by atoms with van der Waals surface area (Å²) in [7, 11) is 6.40. The fraction of sp³-hybridized carbons (Fsp3) is 0.519. The molecule has 0 saturated carbocycles. The highest BCUT2D eigenvalue weighted by Gasteiger charge is 2.19. The van der Waals surface area contributed by atoms with Crippen LogP contribution in [0.25, 0.3) is 5.57 Å². The molecule has 0 atom stereocenters. The third-order valence-electron chi connectivity index (χ3n) is 5.07. The highest BCUT2D eigenvalue weighted by molar-refractivity contribution is 6.20. The Morgan fingerprint density at radius 3 is 2.24 bits per heavy atom. The number of benzene rings is 1. The summed E-state index contributed by atoms with van der Waals surface area (Å²) in [5.74, 6) is 2.11. The number of carbonyl (C=O) groups excluding carboxylic acids is 1. The van der Waals surface area contributed by atoms with Crippen LogP contribution >= 0.6 is 0 Å². The number of phenols is 1. The van der Waals surface area contributed by atoms with Gasteiger partial charge in [0, 0.05) is 18.2 Å². The van der Waals surface area contributed by atoms with Crippen molar-refractivity contribution >= 4 is 11.4 Å². The van der Waals surface area contributed by atoms with Gasteiger partial charge >= 0.3 is 0 Å². The number of Topliss-reactive ketones (excluding diaryl/α,β-unsaturated/α-hetero) is 1. The average molecular weight is 463 g/mol. The van der Waals surface area contributed by atoms with Crippen molar-refractivity contribution in [1.29, 1.82) is 0 Å². The van der Waals surface area contributed by atoms with E-state index in [0.717, 1.165) is 42.6 Å². The van der Waals surface area contributed by atoms with Gasteiger partial charge in [0.1, 0.15) is 6.61 Å². The smallest absolute Gasteiger partial charge is 0.163 e. The summed E-state index contributed by atoms with van der Waals surface area (Å²) < 4.78 is 20.5. The zero-order valence-electron chi connectivity index (χ0n) is 21.8. The molecule has 186 valence electrons. The molecule has 0 spiro atoms. The van der Waals surface area contributed by atoms with Crippen LogP contribution < -0.4 is 4.74 Å². The van der Waals surface area contributed by atoms with Gasteiger partial charge in [-0.3, -0.25) is 4.79 Å². The van der Waals surface area contributed by atoms with Crippen molar-refractivity contribution < 1.29 is 28.8 Å². The lowest BCUT2D eigenvalue weighted by Crippen LogP contribution is -2.02. The Kier molecular flexibility index (Phi) is 15.4. The van der Waals surface area contributed by atoms with Gasteiger partial charge < -0.3 is 24.1 Å². The van der Waals surface area contributed by atoms with E-state index in [0.29, 0.717) is 23.7 Å². The third kappa shape index (κ3) is 9.34. The molecule has 1 aliphatic rings. The number of aromatic hydroxyl groups is 1. The monoisotopic (exact) mass is 462 g/mol. The van der Waals surface area contributed by atoms with Crippen molar-refractivity contribution in [3.8, 4) is 11.5 Å². The number of ether oxygens (including phenoxy) is 4. The van der Waals surface area contributed by atoms with Crippen LogP contribution in [0.5, 0.6) is 11.5 Å². The molecule has 1 aliphatic carbocycles. The molecule has 0 fully saturated rings. The van der Waals surface area contributed by atoms with Crippen LogP contribution in [0.1, 0.15) is 65.0 Å². The van der Waals surface area contributed by atoms with Crippen LogP contribution in [-0.2, 0) is 25.4 Å². The van der Waals surface area contributed by atoms with Crippen LogP contribution in [0.2, 0.25) is 0 Å². The predicted octanol–water partition coefficient (Wildman–Crippen LogP) is 6.23. The van der Waals surface area contributed by atoms with E-state index in [9.17, 15) is 9.90 Å². The summed E-state index contributed by atoms with van der Waals surface area (Å²) in [5.41, 5.74) is 3.61. The van der Waals surface area contributed by atoms with Crippen LogP contribution in [0.15, 0.2) is 41.4 Å². The van der Waals surface area contributed by atoms with Crippen molar-refractivity contribution in [2.45, 2.75) is 60.3 Å². The van der Waals surface area contributed by atoms with Crippen molar-refractivity contribution in [3.05, 3.63) is 52.5 Å². The van der Waals surface area contributed by atoms with Gasteiger partial charge in [-0.2, -0.15) is 0 Å². The molecule has 0 aromatic heterocycles. The molecule has 33 heavy (non-hydrogen) atoms. The largest absolute Gasteiger partial charge is 0.504 e. The minimum Gasteiger partial charge on any atom is -0.504 e. The van der Waals surface area contributed by atoms with Gasteiger partial charge in [0.15, 0.2) is 28.8 Å². The maximum absolute atomic E-state index is 11.6. The van der Waals surface area contributed by atoms with Crippen molar-refractivity contribution in [1.82, 2.24) is 0 Å². The summed E-state index contributed by atoms with van der Waals surface area (Å²) in [4.78, 5) is 11.6. The highest BCUT2D eigenvalue weighted by atomic mass is 16.5. The first kappa shape index (κ1) is 30.3. The maximum Gasteiger partial charge on any atom is 0.163 e. The number of ketones is 1. The Hall–Kier alpha value is -2.73. The summed E-state index contributed by atoms with van der Waals surface area (Å²) in [6, 6.07) is 3.56. The molecule has 0 bridgehead atoms. The maximum atomic E-state index is 11.6. The molecule has 2 rings (SSSR count). The second-order valence-electron chi connectivity index (χ2n) is 7.18. The standard InChI is InChI=1S/C14H16O3.C11H20O3.C2H6/c1-9(15)10-5-3-4-6-12-11(10)7-8-13(17-2)14(12)16;1-6-9(2)7-10(13-4)11(14-5)8-12-3;1-2/h5,7-8,16H,3-4,6H2,1-2H3;7H,6,8H2,1-5H3;1-2H3/b;9-7-,11-10-;. The van der Waals surface area contributed by atoms with Crippen LogP contribution in [0, 0.1) is 0 Å². The van der Waals surface area contributed by atoms with E-state index in [1.54, 1.807) is 34.3 Å². The van der Waals surface area contributed by atoms with E-state index in [1.807, 2.05) is 32.1 Å². The summed E-state index contributed by atoms with van der Waals surface area (Å²) in [6.45, 7) is 10.1. The SMILES string of the molecule is CC.CC/C(C)=C\C(OC)=C(/COC)OC.COc1ccc2c(c1O)CCCC=C2C(C)=O. The molecule has 0 radical (unpaired) electrons. The molecule has 0 aliphatic heterocycles. The Bertz CT molecular complexity index is 833. The lowest BCUT2D eigenvalue weighted by atomic mass is 9.95. The number of carbonyl (C=O) groups is 1. The lowest BCUT2D eigenvalue weighted by molar-refractivity contribution is -0.111. The molecule has 1 aromatic carbocycles. The number of phenolic OH excluding ortho intramolecular Hbond substituents is 1. The summed E-state index contributed by atoms with van der Waals surface area (Å²) in [5, 5.41) is 10.1. The summed E-state index contributed by atoms with van der Waals surface area (Å²) in [6.07, 6.45) is 7.50. The highest BCUT2D eigenvalue weighted by Crippen LogP contribution is 2.38. The molecule has 0 heterocycles. The number of methoxy groups -OCH3 is 4. The van der Waals surface area contributed by atoms with E-state index < -0.39 is 0 Å². The molecular formula is C27H42O6. The first-order valence-electron chi connectivity index (χ1n) is 11.4. The minimum absolute atomic E-state index is 0.0396. The molecule has 1 N–H and O–H groups in total. The van der Waals surface area contributed by atoms with E-state index in [-0.39, 0.29) is 11.5 Å². The predicted molar refractivity (Wildman–Crippen MR) is 135 cm³/mol. The van der Waals surface area contributed by atoms with Gasteiger partial charge in [0.2, 0.25) is 0 Å².